The molecular formula is C24H26O2. The number of ether oxygens (including phenoxy) is 2. The first-order valence-corrected chi connectivity index (χ1v) is 8.87. The van der Waals surface area contributed by atoms with Crippen molar-refractivity contribution in [3.63, 3.8) is 0 Å². The van der Waals surface area contributed by atoms with Gasteiger partial charge in [0, 0.05) is 19.6 Å². The minimum atomic E-state index is -0.0547. The van der Waals surface area contributed by atoms with Gasteiger partial charge in [0.15, 0.2) is 0 Å². The summed E-state index contributed by atoms with van der Waals surface area (Å²) in [7, 11) is 3.17. The summed E-state index contributed by atoms with van der Waals surface area (Å²) in [6, 6.07) is 26.6. The van der Waals surface area contributed by atoms with Gasteiger partial charge in [-0.25, -0.2) is 0 Å². The molecule has 0 aromatic heterocycles. The lowest BCUT2D eigenvalue weighted by Crippen LogP contribution is -2.22. The maximum Gasteiger partial charge on any atom is 0.145 e. The van der Waals surface area contributed by atoms with Gasteiger partial charge in [-0.3, -0.25) is 0 Å². The predicted molar refractivity (Wildman–Crippen MR) is 107 cm³/mol. The molecule has 0 saturated carbocycles. The van der Waals surface area contributed by atoms with Gasteiger partial charge in [-0.2, -0.15) is 0 Å². The molecular weight excluding hydrogens is 320 g/mol. The van der Waals surface area contributed by atoms with E-state index >= 15 is 0 Å². The van der Waals surface area contributed by atoms with Crippen LogP contribution in [0, 0.1) is 6.92 Å². The molecule has 0 heterocycles. The highest BCUT2D eigenvalue weighted by atomic mass is 16.6. The summed E-state index contributed by atoms with van der Waals surface area (Å²) in [6.07, 6.45) is 0. The standard InChI is InChI=1S/C21H18.C3H8O2/c1-15-11-13-16(14-12-15)21(2)19-9-5-3-7-17(19)18-8-4-6-10-20(18)21;1-4-3-5-2/h3-14H,1-2H3;3H2,1-2H3. The van der Waals surface area contributed by atoms with E-state index in [1.54, 1.807) is 14.2 Å². The van der Waals surface area contributed by atoms with Gasteiger partial charge >= 0.3 is 0 Å². The molecule has 2 heteroatoms. The summed E-state index contributed by atoms with van der Waals surface area (Å²) >= 11 is 0. The van der Waals surface area contributed by atoms with Crippen molar-refractivity contribution in [3.05, 3.63) is 95.1 Å². The van der Waals surface area contributed by atoms with Crippen molar-refractivity contribution in [2.45, 2.75) is 19.3 Å². The largest absolute Gasteiger partial charge is 0.359 e. The quantitative estimate of drug-likeness (QED) is 0.578. The third-order valence-corrected chi connectivity index (χ3v) is 5.09. The molecule has 1 aliphatic carbocycles. The fourth-order valence-corrected chi connectivity index (χ4v) is 3.77. The van der Waals surface area contributed by atoms with Crippen LogP contribution in [0.1, 0.15) is 29.2 Å². The van der Waals surface area contributed by atoms with Gasteiger partial charge in [0.2, 0.25) is 0 Å². The molecule has 0 radical (unpaired) electrons. The average Bonchev–Trinajstić information content (AvgIpc) is 2.94. The second-order valence-corrected chi connectivity index (χ2v) is 6.78. The van der Waals surface area contributed by atoms with Crippen LogP contribution in [-0.2, 0) is 14.9 Å². The normalized spacial score (nSPS) is 13.4. The van der Waals surface area contributed by atoms with Crippen LogP contribution in [0.3, 0.4) is 0 Å². The first-order chi connectivity index (χ1) is 12.6. The zero-order valence-corrected chi connectivity index (χ0v) is 16.0. The lowest BCUT2D eigenvalue weighted by molar-refractivity contribution is -0.00271. The van der Waals surface area contributed by atoms with E-state index in [4.69, 9.17) is 0 Å². The Kier molecular flexibility index (Phi) is 5.55. The predicted octanol–water partition coefficient (Wildman–Crippen LogP) is 5.57. The molecule has 0 unspecified atom stereocenters. The van der Waals surface area contributed by atoms with Crippen molar-refractivity contribution in [1.82, 2.24) is 0 Å². The molecule has 0 spiro atoms. The summed E-state index contributed by atoms with van der Waals surface area (Å²) in [4.78, 5) is 0. The zero-order chi connectivity index (χ0) is 18.6. The molecule has 0 fully saturated rings. The zero-order valence-electron chi connectivity index (χ0n) is 16.0. The molecule has 0 saturated heterocycles. The molecule has 0 N–H and O–H groups in total. The van der Waals surface area contributed by atoms with Crippen LogP contribution in [0.2, 0.25) is 0 Å². The first-order valence-electron chi connectivity index (χ1n) is 8.87. The Morgan fingerprint density at radius 1 is 0.692 bits per heavy atom. The van der Waals surface area contributed by atoms with E-state index in [1.807, 2.05) is 0 Å². The number of rotatable bonds is 3. The van der Waals surface area contributed by atoms with Crippen molar-refractivity contribution in [2.75, 3.05) is 21.0 Å². The molecule has 0 atom stereocenters. The Morgan fingerprint density at radius 2 is 1.15 bits per heavy atom. The molecule has 134 valence electrons. The Bertz CT molecular complexity index is 818. The van der Waals surface area contributed by atoms with Gasteiger partial charge in [-0.15, -0.1) is 0 Å². The van der Waals surface area contributed by atoms with Crippen LogP contribution in [0.25, 0.3) is 11.1 Å². The maximum absolute atomic E-state index is 4.47. The van der Waals surface area contributed by atoms with Crippen molar-refractivity contribution < 1.29 is 9.47 Å². The summed E-state index contributed by atoms with van der Waals surface area (Å²) in [5.41, 5.74) is 8.19. The van der Waals surface area contributed by atoms with Crippen LogP contribution in [0.4, 0.5) is 0 Å². The minimum Gasteiger partial charge on any atom is -0.359 e. The maximum atomic E-state index is 4.47. The Hall–Kier alpha value is -2.42. The van der Waals surface area contributed by atoms with Crippen LogP contribution in [-0.4, -0.2) is 21.0 Å². The van der Waals surface area contributed by atoms with E-state index in [9.17, 15) is 0 Å². The molecule has 26 heavy (non-hydrogen) atoms. The average molecular weight is 346 g/mol. The van der Waals surface area contributed by atoms with Crippen molar-refractivity contribution in [3.8, 4) is 11.1 Å². The number of methoxy groups -OCH3 is 2. The Labute approximate surface area is 156 Å². The second-order valence-electron chi connectivity index (χ2n) is 6.78. The van der Waals surface area contributed by atoms with Crippen LogP contribution < -0.4 is 0 Å². The molecule has 1 aliphatic rings. The summed E-state index contributed by atoms with van der Waals surface area (Å²) in [5, 5.41) is 0. The fraction of sp³-hybridized carbons (Fsp3) is 0.250. The van der Waals surface area contributed by atoms with Gasteiger partial charge in [0.05, 0.1) is 0 Å². The van der Waals surface area contributed by atoms with Gasteiger partial charge in [-0.1, -0.05) is 78.4 Å². The second kappa shape index (κ2) is 7.86. The topological polar surface area (TPSA) is 18.5 Å². The number of fused-ring (bicyclic) bond motifs is 3. The highest BCUT2D eigenvalue weighted by molar-refractivity contribution is 5.83. The van der Waals surface area contributed by atoms with Crippen LogP contribution in [0.5, 0.6) is 0 Å². The van der Waals surface area contributed by atoms with Gasteiger partial charge in [0.25, 0.3) is 0 Å². The molecule has 3 aromatic carbocycles. The SMILES string of the molecule is COCOC.Cc1ccc(C2(C)c3ccccc3-c3ccccc32)cc1. The molecule has 0 aliphatic heterocycles. The summed E-state index contributed by atoms with van der Waals surface area (Å²) in [6.45, 7) is 4.88. The van der Waals surface area contributed by atoms with Gasteiger partial charge in [0.1, 0.15) is 6.79 Å². The summed E-state index contributed by atoms with van der Waals surface area (Å²) in [5.74, 6) is 0. The van der Waals surface area contributed by atoms with Crippen molar-refractivity contribution in [2.24, 2.45) is 0 Å². The van der Waals surface area contributed by atoms with Crippen molar-refractivity contribution >= 4 is 0 Å². The van der Waals surface area contributed by atoms with E-state index < -0.39 is 0 Å². The lowest BCUT2D eigenvalue weighted by Gasteiger charge is -2.28. The van der Waals surface area contributed by atoms with E-state index in [0.717, 1.165) is 0 Å². The Balaban J connectivity index is 0.000000349. The van der Waals surface area contributed by atoms with Crippen LogP contribution in [0.15, 0.2) is 72.8 Å². The van der Waals surface area contributed by atoms with Gasteiger partial charge < -0.3 is 9.47 Å². The third-order valence-electron chi connectivity index (χ3n) is 5.09. The third kappa shape index (κ3) is 3.18. The fourth-order valence-electron chi connectivity index (χ4n) is 3.77. The molecule has 2 nitrogen and oxygen atoms in total. The molecule has 4 rings (SSSR count). The first kappa shape index (κ1) is 18.4. The lowest BCUT2D eigenvalue weighted by atomic mass is 9.74. The van der Waals surface area contributed by atoms with E-state index in [-0.39, 0.29) is 5.41 Å². The van der Waals surface area contributed by atoms with E-state index in [0.29, 0.717) is 6.79 Å². The molecule has 0 amide bonds. The number of aryl methyl sites for hydroxylation is 1. The number of hydrogen-bond acceptors (Lipinski definition) is 2. The van der Waals surface area contributed by atoms with E-state index in [1.165, 1.54) is 33.4 Å². The highest BCUT2D eigenvalue weighted by Crippen LogP contribution is 2.51. The van der Waals surface area contributed by atoms with Crippen LogP contribution >= 0.6 is 0 Å². The smallest absolute Gasteiger partial charge is 0.145 e. The van der Waals surface area contributed by atoms with Gasteiger partial charge in [-0.05, 0) is 41.7 Å². The molecule has 0 bridgehead atoms. The van der Waals surface area contributed by atoms with E-state index in [2.05, 4.69) is 96.1 Å². The monoisotopic (exact) mass is 346 g/mol. The van der Waals surface area contributed by atoms with Crippen molar-refractivity contribution in [1.29, 1.82) is 0 Å². The minimum absolute atomic E-state index is 0.0547. The number of hydrogen-bond donors (Lipinski definition) is 0. The molecule has 3 aromatic rings. The Morgan fingerprint density at radius 3 is 1.58 bits per heavy atom. The highest BCUT2D eigenvalue weighted by Gasteiger charge is 2.40. The summed E-state index contributed by atoms with van der Waals surface area (Å²) < 4.78 is 8.94. The number of benzene rings is 3.